The number of rotatable bonds is 10. The molecule has 0 spiro atoms. The molecule has 1 aromatic heterocycles. The van der Waals surface area contributed by atoms with Crippen molar-refractivity contribution in [3.63, 3.8) is 0 Å². The summed E-state index contributed by atoms with van der Waals surface area (Å²) in [6, 6.07) is 4.35. The summed E-state index contributed by atoms with van der Waals surface area (Å²) in [5.74, 6) is -4.34. The minimum Gasteiger partial charge on any atom is -0.493 e. The molecule has 1 aliphatic carbocycles. The van der Waals surface area contributed by atoms with E-state index < -0.39 is 76.8 Å². The van der Waals surface area contributed by atoms with E-state index in [0.29, 0.717) is 31.4 Å². The van der Waals surface area contributed by atoms with Crippen LogP contribution in [0.25, 0.3) is 0 Å². The molecule has 1 N–H and O–H groups in total. The first kappa shape index (κ1) is 41.8. The number of carbonyl (C=O) groups is 4. The van der Waals surface area contributed by atoms with Gasteiger partial charge in [0.25, 0.3) is 0 Å². The van der Waals surface area contributed by atoms with Gasteiger partial charge in [0, 0.05) is 55.7 Å². The average Bonchev–Trinajstić information content (AvgIpc) is 3.66. The number of sulfone groups is 2. The molecule has 1 aliphatic heterocycles. The molecule has 0 amide bonds. The van der Waals surface area contributed by atoms with Gasteiger partial charge in [0.15, 0.2) is 37.0 Å². The Morgan fingerprint density at radius 2 is 1.60 bits per heavy atom. The molecule has 0 bridgehead atoms. The lowest BCUT2D eigenvalue weighted by atomic mass is 9.81. The molecule has 13 nitrogen and oxygen atoms in total. The predicted molar refractivity (Wildman–Crippen MR) is 182 cm³/mol. The quantitative estimate of drug-likeness (QED) is 0.221. The predicted octanol–water partition coefficient (Wildman–Crippen LogP) is 4.65. The van der Waals surface area contributed by atoms with Crippen LogP contribution in [0.1, 0.15) is 75.2 Å². The Balaban J connectivity index is 0.000000241. The number of alkyl halides is 3. The molecular weight excluding hydrogens is 769 g/mol. The number of ether oxygens (including phenoxy) is 2. The zero-order valence-corrected chi connectivity index (χ0v) is 31.3. The van der Waals surface area contributed by atoms with Gasteiger partial charge in [-0.3, -0.25) is 19.2 Å². The summed E-state index contributed by atoms with van der Waals surface area (Å²) < 4.78 is 98.6. The van der Waals surface area contributed by atoms with Crippen LogP contribution in [0.5, 0.6) is 5.88 Å². The van der Waals surface area contributed by atoms with Gasteiger partial charge in [-0.2, -0.15) is 18.3 Å². The summed E-state index contributed by atoms with van der Waals surface area (Å²) >= 11 is 6.41. The van der Waals surface area contributed by atoms with Crippen LogP contribution in [0.2, 0.25) is 5.02 Å². The number of benzene rings is 2. The van der Waals surface area contributed by atoms with E-state index in [1.807, 2.05) is 0 Å². The second-order valence-corrected chi connectivity index (χ2v) is 17.0. The third-order valence-electron chi connectivity index (χ3n) is 8.56. The van der Waals surface area contributed by atoms with Gasteiger partial charge >= 0.3 is 6.18 Å². The topological polar surface area (TPSA) is 193 Å². The zero-order chi connectivity index (χ0) is 39.6. The number of ketones is 4. The van der Waals surface area contributed by atoms with Crippen molar-refractivity contribution >= 4 is 54.4 Å². The van der Waals surface area contributed by atoms with Crippen LogP contribution in [-0.2, 0) is 58.6 Å². The molecule has 2 aromatic carbocycles. The molecule has 53 heavy (non-hydrogen) atoms. The fraction of sp³-hybridized carbons (Fsp3) is 0.441. The summed E-state index contributed by atoms with van der Waals surface area (Å²) in [6.07, 6.45) is -0.506. The van der Waals surface area contributed by atoms with Crippen LogP contribution in [-0.4, -0.2) is 86.7 Å². The van der Waals surface area contributed by atoms with Crippen LogP contribution in [0, 0.1) is 12.8 Å². The maximum atomic E-state index is 12.9. The van der Waals surface area contributed by atoms with Crippen LogP contribution >= 0.6 is 11.6 Å². The monoisotopic (exact) mass is 804 g/mol. The highest BCUT2D eigenvalue weighted by molar-refractivity contribution is 7.91. The van der Waals surface area contributed by atoms with Crippen molar-refractivity contribution in [3.8, 4) is 5.88 Å². The molecule has 2 fully saturated rings. The highest BCUT2D eigenvalue weighted by Crippen LogP contribution is 2.35. The summed E-state index contributed by atoms with van der Waals surface area (Å²) in [5, 5.41) is 13.6. The van der Waals surface area contributed by atoms with Gasteiger partial charge in [0.2, 0.25) is 11.7 Å². The average molecular weight is 805 g/mol. The smallest absolute Gasteiger partial charge is 0.416 e. The maximum absolute atomic E-state index is 12.9. The number of carbonyl (C=O) groups excluding carboxylic acids is 4. The van der Waals surface area contributed by atoms with Gasteiger partial charge in [-0.25, -0.2) is 21.5 Å². The molecule has 1 saturated heterocycles. The first-order valence-electron chi connectivity index (χ1n) is 16.0. The lowest BCUT2D eigenvalue weighted by Crippen LogP contribution is -2.35. The van der Waals surface area contributed by atoms with Crippen LogP contribution in [0.15, 0.2) is 40.1 Å². The number of aromatic nitrogens is 2. The molecule has 3 aromatic rings. The third kappa shape index (κ3) is 9.59. The Labute approximate surface area is 308 Å². The lowest BCUT2D eigenvalue weighted by Gasteiger charge is -2.20. The van der Waals surface area contributed by atoms with Crippen LogP contribution in [0.3, 0.4) is 0 Å². The molecule has 0 radical (unpaired) electrons. The van der Waals surface area contributed by atoms with E-state index in [1.165, 1.54) is 26.1 Å². The first-order valence-corrected chi connectivity index (χ1v) is 20.2. The van der Waals surface area contributed by atoms with Crippen molar-refractivity contribution in [2.24, 2.45) is 13.0 Å². The molecule has 288 valence electrons. The Morgan fingerprint density at radius 3 is 2.11 bits per heavy atom. The largest absolute Gasteiger partial charge is 0.493 e. The van der Waals surface area contributed by atoms with Gasteiger partial charge in [-0.15, -0.1) is 0 Å². The SMILES string of the molecule is CS(=O)(=O)c1ccc(C(=O)C2C(=O)CCCC2=O)c(Cl)c1COCC1CCCO1.Cc1nn(C)c(O)c1C(=O)c1ccc(C(F)(F)F)cc1S(C)(=O)=O. The number of hydrogen-bond acceptors (Lipinski definition) is 12. The van der Waals surface area contributed by atoms with E-state index in [0.717, 1.165) is 29.8 Å². The molecule has 19 heteroatoms. The normalized spacial score (nSPS) is 17.1. The van der Waals surface area contributed by atoms with Crippen molar-refractivity contribution in [2.75, 3.05) is 25.7 Å². The molecular formula is C34H36ClF3N2O11S2. The lowest BCUT2D eigenvalue weighted by molar-refractivity contribution is -0.138. The number of Topliss-reactive ketones (excluding diaryl/α,β-unsaturated/α-hetero) is 3. The summed E-state index contributed by atoms with van der Waals surface area (Å²) in [7, 11) is -6.39. The summed E-state index contributed by atoms with van der Waals surface area (Å²) in [5.41, 5.74) is -1.68. The molecule has 5 rings (SSSR count). The molecule has 2 heterocycles. The fourth-order valence-corrected chi connectivity index (χ4v) is 8.13. The van der Waals surface area contributed by atoms with E-state index >= 15 is 0 Å². The molecule has 2 aliphatic rings. The number of aromatic hydroxyl groups is 1. The maximum Gasteiger partial charge on any atom is 0.416 e. The summed E-state index contributed by atoms with van der Waals surface area (Å²) in [6.45, 7) is 2.22. The number of halogens is 4. The third-order valence-corrected chi connectivity index (χ3v) is 11.3. The van der Waals surface area contributed by atoms with Crippen molar-refractivity contribution in [2.45, 2.75) is 67.7 Å². The fourth-order valence-electron chi connectivity index (χ4n) is 5.94. The van der Waals surface area contributed by atoms with Crippen LogP contribution in [0.4, 0.5) is 13.2 Å². The van der Waals surface area contributed by atoms with Crippen molar-refractivity contribution in [1.82, 2.24) is 9.78 Å². The van der Waals surface area contributed by atoms with E-state index in [4.69, 9.17) is 21.1 Å². The van der Waals surface area contributed by atoms with Crippen molar-refractivity contribution < 1.29 is 63.8 Å². The highest BCUT2D eigenvalue weighted by Gasteiger charge is 2.38. The Hall–Kier alpha value is -3.97. The van der Waals surface area contributed by atoms with E-state index in [1.54, 1.807) is 0 Å². The number of hydrogen-bond donors (Lipinski definition) is 1. The molecule has 1 unspecified atom stereocenters. The molecule has 1 saturated carbocycles. The summed E-state index contributed by atoms with van der Waals surface area (Å²) in [4.78, 5) is 48.9. The Bertz CT molecular complexity index is 2160. The van der Waals surface area contributed by atoms with E-state index in [-0.39, 0.29) is 64.5 Å². The molecule has 1 atom stereocenters. The Morgan fingerprint density at radius 1 is 1.00 bits per heavy atom. The zero-order valence-electron chi connectivity index (χ0n) is 29.0. The van der Waals surface area contributed by atoms with E-state index in [9.17, 15) is 54.3 Å². The minimum atomic E-state index is -4.76. The highest BCUT2D eigenvalue weighted by atomic mass is 35.5. The van der Waals surface area contributed by atoms with Crippen molar-refractivity contribution in [1.29, 1.82) is 0 Å². The first-order chi connectivity index (χ1) is 24.5. The van der Waals surface area contributed by atoms with Gasteiger partial charge in [-0.05, 0) is 56.5 Å². The standard InChI is InChI=1S/C20H23ClO7S.C14H13F3N2O4S/c1-29(25,26)17-8-7-13(20(24)18-15(22)5-2-6-16(18)23)19(21)14(17)11-27-10-12-4-3-9-28-12;1-7-11(13(21)19(2)18-7)12(20)9-5-4-8(14(15,16)17)6-10(9)24(3,22)23/h7-8,12,18H,2-6,9-11H2,1H3;4-6,21H,1-3H3. The van der Waals surface area contributed by atoms with Gasteiger partial charge in [-0.1, -0.05) is 11.6 Å². The second kappa shape index (κ2) is 16.2. The van der Waals surface area contributed by atoms with Crippen LogP contribution < -0.4 is 0 Å². The number of aryl methyl sites for hydroxylation is 2. The second-order valence-electron chi connectivity index (χ2n) is 12.6. The Kier molecular flexibility index (Phi) is 12.8. The minimum absolute atomic E-state index is 0.0385. The van der Waals surface area contributed by atoms with Gasteiger partial charge in [0.1, 0.15) is 11.5 Å². The number of nitrogens with zero attached hydrogens (tertiary/aromatic N) is 2. The van der Waals surface area contributed by atoms with Gasteiger partial charge in [0.05, 0.1) is 45.4 Å². The van der Waals surface area contributed by atoms with Crippen molar-refractivity contribution in [3.05, 3.63) is 68.9 Å². The van der Waals surface area contributed by atoms with Gasteiger partial charge < -0.3 is 14.6 Å². The van der Waals surface area contributed by atoms with E-state index in [2.05, 4.69) is 5.10 Å².